The summed E-state index contributed by atoms with van der Waals surface area (Å²) >= 11 is 0. The Morgan fingerprint density at radius 3 is 1.82 bits per heavy atom. The maximum Gasteiger partial charge on any atom is 0.185 e. The summed E-state index contributed by atoms with van der Waals surface area (Å²) in [5.41, 5.74) is 5.56. The van der Waals surface area contributed by atoms with Crippen molar-refractivity contribution in [3.63, 3.8) is 0 Å². The van der Waals surface area contributed by atoms with E-state index in [0.717, 1.165) is 32.1 Å². The van der Waals surface area contributed by atoms with E-state index in [0.29, 0.717) is 48.0 Å². The van der Waals surface area contributed by atoms with Crippen LogP contribution in [-0.2, 0) is 9.59 Å². The zero-order chi connectivity index (χ0) is 25.2. The first-order valence-corrected chi connectivity index (χ1v) is 12.6. The third-order valence-corrected chi connectivity index (χ3v) is 7.03. The van der Waals surface area contributed by atoms with E-state index in [9.17, 15) is 14.7 Å². The number of hydrogen-bond donors (Lipinski definition) is 1. The van der Waals surface area contributed by atoms with E-state index in [1.54, 1.807) is 20.8 Å². The Morgan fingerprint density at radius 2 is 1.27 bits per heavy atom. The second-order valence-electron chi connectivity index (χ2n) is 10.1. The minimum absolute atomic E-state index is 0.0389. The van der Waals surface area contributed by atoms with Gasteiger partial charge in [-0.2, -0.15) is 0 Å². The van der Waals surface area contributed by atoms with Crippen LogP contribution in [0.3, 0.4) is 0 Å². The van der Waals surface area contributed by atoms with Crippen LogP contribution in [-0.4, -0.2) is 22.3 Å². The molecule has 0 radical (unpaired) electrons. The quantitative estimate of drug-likeness (QED) is 0.227. The van der Waals surface area contributed by atoms with Crippen LogP contribution in [0.15, 0.2) is 57.2 Å². The second kappa shape index (κ2) is 13.6. The fourth-order valence-electron chi connectivity index (χ4n) is 4.22. The Hall–Kier alpha value is -2.00. The average molecular weight is 455 g/mol. The number of carbonyl (C=O) groups excluding carboxylic acids is 2. The summed E-state index contributed by atoms with van der Waals surface area (Å²) in [5, 5.41) is 11.1. The van der Waals surface area contributed by atoms with Crippen LogP contribution < -0.4 is 0 Å². The molecule has 184 valence electrons. The van der Waals surface area contributed by atoms with Gasteiger partial charge in [-0.3, -0.25) is 9.59 Å². The van der Waals surface area contributed by atoms with Crippen LogP contribution >= 0.6 is 0 Å². The third kappa shape index (κ3) is 9.41. The normalized spacial score (nSPS) is 17.6. The number of carbonyl (C=O) groups is 2. The van der Waals surface area contributed by atoms with Crippen LogP contribution in [0.5, 0.6) is 0 Å². The number of rotatable bonds is 13. The zero-order valence-electron chi connectivity index (χ0n) is 22.4. The van der Waals surface area contributed by atoms with E-state index in [-0.39, 0.29) is 11.6 Å². The summed E-state index contributed by atoms with van der Waals surface area (Å²) < 4.78 is 0. The van der Waals surface area contributed by atoms with Crippen molar-refractivity contribution in [2.24, 2.45) is 0 Å². The van der Waals surface area contributed by atoms with Crippen LogP contribution in [0.25, 0.3) is 0 Å². The lowest BCUT2D eigenvalue weighted by Crippen LogP contribution is -2.29. The molecule has 1 atom stereocenters. The smallest absolute Gasteiger partial charge is 0.185 e. The van der Waals surface area contributed by atoms with E-state index >= 15 is 0 Å². The summed E-state index contributed by atoms with van der Waals surface area (Å²) in [6.45, 7) is 15.8. The Labute approximate surface area is 202 Å². The summed E-state index contributed by atoms with van der Waals surface area (Å²) in [5.74, 6) is -0.0788. The van der Waals surface area contributed by atoms with Crippen molar-refractivity contribution in [1.29, 1.82) is 0 Å². The van der Waals surface area contributed by atoms with E-state index in [4.69, 9.17) is 0 Å². The predicted octanol–water partition coefficient (Wildman–Crippen LogP) is 7.91. The van der Waals surface area contributed by atoms with Gasteiger partial charge in [0.1, 0.15) is 0 Å². The lowest BCUT2D eigenvalue weighted by atomic mass is 9.80. The van der Waals surface area contributed by atoms with E-state index in [2.05, 4.69) is 45.9 Å². The summed E-state index contributed by atoms with van der Waals surface area (Å²) in [6.07, 6.45) is 14.3. The molecule has 1 rings (SSSR count). The summed E-state index contributed by atoms with van der Waals surface area (Å²) in [4.78, 5) is 25.1. The molecular weight excluding hydrogens is 408 g/mol. The Balaban J connectivity index is 2.57. The maximum absolute atomic E-state index is 12.7. The van der Waals surface area contributed by atoms with Crippen LogP contribution in [0.2, 0.25) is 0 Å². The van der Waals surface area contributed by atoms with Gasteiger partial charge in [0.2, 0.25) is 0 Å². The van der Waals surface area contributed by atoms with Crippen molar-refractivity contribution in [2.45, 2.75) is 119 Å². The Bertz CT molecular complexity index is 872. The number of ketones is 2. The molecule has 33 heavy (non-hydrogen) atoms. The van der Waals surface area contributed by atoms with E-state index in [1.165, 1.54) is 16.7 Å². The van der Waals surface area contributed by atoms with Crippen molar-refractivity contribution in [1.82, 2.24) is 0 Å². The SMILES string of the molecule is CCC(O)(CC/C=C(\C)CC/C=C(\C)CCC=C(C)C)CCC1=C(C)C(=O)C(C)=C(C)C1=O. The fourth-order valence-corrected chi connectivity index (χ4v) is 4.22. The fraction of sp³-hybridized carbons (Fsp3) is 0.600. The lowest BCUT2D eigenvalue weighted by molar-refractivity contribution is -0.116. The molecule has 0 aliphatic heterocycles. The highest BCUT2D eigenvalue weighted by Gasteiger charge is 2.30. The maximum atomic E-state index is 12.7. The highest BCUT2D eigenvalue weighted by Crippen LogP contribution is 2.31. The van der Waals surface area contributed by atoms with Gasteiger partial charge in [-0.15, -0.1) is 0 Å². The first kappa shape index (κ1) is 29.0. The van der Waals surface area contributed by atoms with Gasteiger partial charge < -0.3 is 5.11 Å². The molecule has 1 unspecified atom stereocenters. The van der Waals surface area contributed by atoms with Crippen molar-refractivity contribution in [2.75, 3.05) is 0 Å². The molecule has 1 aliphatic carbocycles. The third-order valence-electron chi connectivity index (χ3n) is 7.03. The molecule has 0 bridgehead atoms. The average Bonchev–Trinajstić information content (AvgIpc) is 2.76. The summed E-state index contributed by atoms with van der Waals surface area (Å²) in [6, 6.07) is 0. The standard InChI is InChI=1S/C30H46O3/c1-9-30(33,20-18-27-26(8)28(31)24(6)25(7)29(27)32)19-12-17-23(5)16-11-15-22(4)14-10-13-21(2)3/h13,15,17,33H,9-12,14,16,18-20H2,1-8H3/b22-15+,23-17+. The van der Waals surface area contributed by atoms with Gasteiger partial charge in [-0.1, -0.05) is 41.9 Å². The molecule has 3 heteroatoms. The van der Waals surface area contributed by atoms with Crippen LogP contribution in [0.4, 0.5) is 0 Å². The van der Waals surface area contributed by atoms with Gasteiger partial charge >= 0.3 is 0 Å². The molecule has 0 aromatic rings. The second-order valence-corrected chi connectivity index (χ2v) is 10.1. The first-order chi connectivity index (χ1) is 15.4. The highest BCUT2D eigenvalue weighted by atomic mass is 16.3. The lowest BCUT2D eigenvalue weighted by Gasteiger charge is -2.28. The molecule has 1 aliphatic rings. The molecule has 1 N–H and O–H groups in total. The molecule has 0 saturated carbocycles. The molecule has 0 heterocycles. The zero-order valence-corrected chi connectivity index (χ0v) is 22.4. The molecular formula is C30H46O3. The molecule has 0 aromatic heterocycles. The van der Waals surface area contributed by atoms with Crippen molar-refractivity contribution >= 4 is 11.6 Å². The van der Waals surface area contributed by atoms with Crippen molar-refractivity contribution < 1.29 is 14.7 Å². The van der Waals surface area contributed by atoms with Crippen molar-refractivity contribution in [3.8, 4) is 0 Å². The molecule has 0 spiro atoms. The van der Waals surface area contributed by atoms with Gasteiger partial charge in [0.05, 0.1) is 5.60 Å². The van der Waals surface area contributed by atoms with E-state index in [1.807, 2.05) is 6.92 Å². The largest absolute Gasteiger partial charge is 0.390 e. The van der Waals surface area contributed by atoms with Crippen molar-refractivity contribution in [3.05, 3.63) is 57.2 Å². The Morgan fingerprint density at radius 1 is 0.758 bits per heavy atom. The molecule has 3 nitrogen and oxygen atoms in total. The topological polar surface area (TPSA) is 54.4 Å². The highest BCUT2D eigenvalue weighted by molar-refractivity contribution is 6.24. The molecule has 0 fully saturated rings. The predicted molar refractivity (Wildman–Crippen MR) is 140 cm³/mol. The van der Waals surface area contributed by atoms with Gasteiger partial charge in [0.25, 0.3) is 0 Å². The van der Waals surface area contributed by atoms with E-state index < -0.39 is 5.60 Å². The number of hydrogen-bond acceptors (Lipinski definition) is 3. The number of Topliss-reactive ketones (excluding diaryl/α,β-unsaturated/α-hetero) is 2. The van der Waals surface area contributed by atoms with Crippen LogP contribution in [0.1, 0.15) is 113 Å². The number of aliphatic hydroxyl groups is 1. The monoisotopic (exact) mass is 454 g/mol. The van der Waals surface area contributed by atoms with Crippen LogP contribution in [0, 0.1) is 0 Å². The molecule has 0 aromatic carbocycles. The molecule has 0 saturated heterocycles. The first-order valence-electron chi connectivity index (χ1n) is 12.6. The number of allylic oxidation sites excluding steroid dienone is 10. The van der Waals surface area contributed by atoms with Gasteiger partial charge in [-0.25, -0.2) is 0 Å². The molecule has 0 amide bonds. The van der Waals surface area contributed by atoms with Gasteiger partial charge in [0.15, 0.2) is 11.6 Å². The summed E-state index contributed by atoms with van der Waals surface area (Å²) in [7, 11) is 0. The van der Waals surface area contributed by atoms with Gasteiger partial charge in [0, 0.05) is 22.3 Å². The Kier molecular flexibility index (Phi) is 12.0. The minimum atomic E-state index is -0.821. The minimum Gasteiger partial charge on any atom is -0.390 e. The van der Waals surface area contributed by atoms with Gasteiger partial charge in [-0.05, 0) is 106 Å².